The lowest BCUT2D eigenvalue weighted by molar-refractivity contribution is 0.240. The molecule has 140 valence electrons. The highest BCUT2D eigenvalue weighted by Crippen LogP contribution is 2.36. The fourth-order valence-electron chi connectivity index (χ4n) is 4.48. The van der Waals surface area contributed by atoms with Gasteiger partial charge < -0.3 is 10.2 Å². The van der Waals surface area contributed by atoms with Gasteiger partial charge in [0.1, 0.15) is 5.82 Å². The fraction of sp³-hybridized carbons (Fsp3) is 0.435. The number of hydrogen-bond donors (Lipinski definition) is 1. The van der Waals surface area contributed by atoms with Crippen LogP contribution in [0.5, 0.6) is 0 Å². The largest absolute Gasteiger partial charge is 0.365 e. The number of hydrogen-bond acceptors (Lipinski definition) is 3. The van der Waals surface area contributed by atoms with E-state index >= 15 is 0 Å². The van der Waals surface area contributed by atoms with E-state index in [9.17, 15) is 4.39 Å². The average Bonchev–Trinajstić information content (AvgIpc) is 2.65. The minimum absolute atomic E-state index is 0.284. The molecule has 1 saturated carbocycles. The molecule has 1 aliphatic carbocycles. The van der Waals surface area contributed by atoms with Crippen LogP contribution < -0.4 is 10.2 Å². The number of piperazine rings is 1. The molecule has 0 spiro atoms. The third-order valence-corrected chi connectivity index (χ3v) is 6.02. The average molecular weight is 363 g/mol. The quantitative estimate of drug-likeness (QED) is 0.866. The molecule has 27 heavy (non-hydrogen) atoms. The van der Waals surface area contributed by atoms with Crippen molar-refractivity contribution < 1.29 is 4.39 Å². The molecule has 0 amide bonds. The number of rotatable bonds is 5. The third kappa shape index (κ3) is 3.44. The topological polar surface area (TPSA) is 39.1 Å². The zero-order valence-electron chi connectivity index (χ0n) is 15.8. The first kappa shape index (κ1) is 18.0. The molecule has 1 saturated heterocycles. The van der Waals surface area contributed by atoms with Gasteiger partial charge in [-0.3, -0.25) is 0 Å². The molecule has 4 heteroatoms. The summed E-state index contributed by atoms with van der Waals surface area (Å²) in [7, 11) is 0. The predicted octanol–water partition coefficient (Wildman–Crippen LogP) is 4.18. The van der Waals surface area contributed by atoms with Crippen LogP contribution in [0.2, 0.25) is 0 Å². The zero-order chi connectivity index (χ0) is 18.8. The third-order valence-electron chi connectivity index (χ3n) is 6.02. The van der Waals surface area contributed by atoms with E-state index < -0.39 is 0 Å². The molecule has 2 fully saturated rings. The second-order valence-electron chi connectivity index (χ2n) is 7.66. The number of anilines is 1. The summed E-state index contributed by atoms with van der Waals surface area (Å²) in [5.41, 5.74) is 4.86. The van der Waals surface area contributed by atoms with Crippen LogP contribution in [-0.4, -0.2) is 25.2 Å². The highest BCUT2D eigenvalue weighted by Gasteiger charge is 2.38. The lowest BCUT2D eigenvalue weighted by Crippen LogP contribution is -2.63. The molecule has 2 unspecified atom stereocenters. The van der Waals surface area contributed by atoms with Crippen LogP contribution in [0.25, 0.3) is 0 Å². The smallest absolute Gasteiger partial charge is 0.128 e. The van der Waals surface area contributed by atoms with Crippen molar-refractivity contribution in [2.24, 2.45) is 0 Å². The molecule has 0 bridgehead atoms. The van der Waals surface area contributed by atoms with Crippen molar-refractivity contribution in [3.8, 4) is 6.07 Å². The highest BCUT2D eigenvalue weighted by atomic mass is 19.1. The Morgan fingerprint density at radius 3 is 2.81 bits per heavy atom. The number of nitriles is 1. The Labute approximate surface area is 160 Å². The molecule has 3 nitrogen and oxygen atoms in total. The van der Waals surface area contributed by atoms with Crippen LogP contribution in [0.3, 0.4) is 0 Å². The molecular formula is C23H26FN3. The lowest BCUT2D eigenvalue weighted by atomic mass is 9.82. The van der Waals surface area contributed by atoms with E-state index in [1.807, 2.05) is 6.07 Å². The van der Waals surface area contributed by atoms with E-state index in [0.717, 1.165) is 25.9 Å². The van der Waals surface area contributed by atoms with Gasteiger partial charge in [0, 0.05) is 37.3 Å². The maximum atomic E-state index is 14.6. The van der Waals surface area contributed by atoms with Crippen molar-refractivity contribution in [1.82, 2.24) is 5.32 Å². The van der Waals surface area contributed by atoms with Gasteiger partial charge in [0.25, 0.3) is 0 Å². The standard InChI is InChI=1S/C23H26FN3/c1-2-4-17-5-3-6-22(27-12-11-26-21-9-10-23(21)27)19(17)14-18-8-7-16(15-25)13-20(18)24/h3,5-8,13,21,23,26H,2,4,9-12,14H2,1H3. The van der Waals surface area contributed by atoms with Crippen LogP contribution in [-0.2, 0) is 12.8 Å². The van der Waals surface area contributed by atoms with E-state index in [2.05, 4.69) is 35.3 Å². The maximum absolute atomic E-state index is 14.6. The predicted molar refractivity (Wildman–Crippen MR) is 107 cm³/mol. The molecule has 2 aromatic rings. The molecule has 1 heterocycles. The molecule has 1 aliphatic heterocycles. The summed E-state index contributed by atoms with van der Waals surface area (Å²) < 4.78 is 14.6. The Kier molecular flexibility index (Phi) is 5.13. The summed E-state index contributed by atoms with van der Waals surface area (Å²) in [4.78, 5) is 2.54. The van der Waals surface area contributed by atoms with Crippen LogP contribution in [0, 0.1) is 17.1 Å². The van der Waals surface area contributed by atoms with E-state index in [1.54, 1.807) is 12.1 Å². The van der Waals surface area contributed by atoms with Crippen molar-refractivity contribution >= 4 is 5.69 Å². The number of aryl methyl sites for hydroxylation is 1. The number of fused-ring (bicyclic) bond motifs is 1. The molecule has 0 radical (unpaired) electrons. The van der Waals surface area contributed by atoms with E-state index in [4.69, 9.17) is 5.26 Å². The van der Waals surface area contributed by atoms with Gasteiger partial charge in [-0.1, -0.05) is 31.5 Å². The first-order valence-corrected chi connectivity index (χ1v) is 10.0. The SMILES string of the molecule is CCCc1cccc(N2CCNC3CCC32)c1Cc1ccc(C#N)cc1F. The minimum atomic E-state index is -0.284. The monoisotopic (exact) mass is 363 g/mol. The second-order valence-corrected chi connectivity index (χ2v) is 7.66. The van der Waals surface area contributed by atoms with Crippen molar-refractivity contribution in [2.75, 3.05) is 18.0 Å². The normalized spacial score (nSPS) is 21.3. The molecular weight excluding hydrogens is 337 g/mol. The second kappa shape index (κ2) is 7.70. The Balaban J connectivity index is 1.72. The number of nitrogens with one attached hydrogen (secondary N) is 1. The Morgan fingerprint density at radius 2 is 2.11 bits per heavy atom. The molecule has 1 N–H and O–H groups in total. The van der Waals surface area contributed by atoms with Crippen molar-refractivity contribution in [2.45, 2.75) is 51.1 Å². The van der Waals surface area contributed by atoms with Gasteiger partial charge >= 0.3 is 0 Å². The number of halogens is 1. The van der Waals surface area contributed by atoms with Gasteiger partial charge in [0.05, 0.1) is 11.6 Å². The Morgan fingerprint density at radius 1 is 1.22 bits per heavy atom. The zero-order valence-corrected chi connectivity index (χ0v) is 15.8. The van der Waals surface area contributed by atoms with Gasteiger partial charge in [-0.15, -0.1) is 0 Å². The summed E-state index contributed by atoms with van der Waals surface area (Å²) in [5, 5.41) is 12.6. The van der Waals surface area contributed by atoms with E-state index in [-0.39, 0.29) is 5.82 Å². The van der Waals surface area contributed by atoms with Crippen LogP contribution in [0.4, 0.5) is 10.1 Å². The van der Waals surface area contributed by atoms with E-state index in [0.29, 0.717) is 29.6 Å². The first-order valence-electron chi connectivity index (χ1n) is 10.0. The first-order chi connectivity index (χ1) is 13.2. The molecule has 2 aromatic carbocycles. The van der Waals surface area contributed by atoms with Gasteiger partial charge in [0.15, 0.2) is 0 Å². The Bertz CT molecular complexity index is 870. The fourth-order valence-corrected chi connectivity index (χ4v) is 4.48. The molecule has 4 rings (SSSR count). The van der Waals surface area contributed by atoms with Crippen molar-refractivity contribution in [1.29, 1.82) is 5.26 Å². The van der Waals surface area contributed by atoms with E-state index in [1.165, 1.54) is 35.7 Å². The molecule has 2 aliphatic rings. The van der Waals surface area contributed by atoms with Gasteiger partial charge in [0.2, 0.25) is 0 Å². The molecule has 0 aromatic heterocycles. The lowest BCUT2D eigenvalue weighted by Gasteiger charge is -2.50. The summed E-state index contributed by atoms with van der Waals surface area (Å²) in [6.45, 7) is 4.19. The minimum Gasteiger partial charge on any atom is -0.365 e. The molecule has 2 atom stereocenters. The van der Waals surface area contributed by atoms with Crippen LogP contribution in [0.15, 0.2) is 36.4 Å². The van der Waals surface area contributed by atoms with Crippen molar-refractivity contribution in [3.63, 3.8) is 0 Å². The number of nitrogens with zero attached hydrogens (tertiary/aromatic N) is 2. The van der Waals surface area contributed by atoms with Gasteiger partial charge in [-0.25, -0.2) is 4.39 Å². The van der Waals surface area contributed by atoms with Crippen LogP contribution in [0.1, 0.15) is 48.4 Å². The summed E-state index contributed by atoms with van der Waals surface area (Å²) in [6.07, 6.45) is 5.11. The summed E-state index contributed by atoms with van der Waals surface area (Å²) >= 11 is 0. The van der Waals surface area contributed by atoms with Gasteiger partial charge in [-0.05, 0) is 54.2 Å². The van der Waals surface area contributed by atoms with Crippen molar-refractivity contribution in [3.05, 3.63) is 64.5 Å². The number of benzene rings is 2. The Hall–Kier alpha value is -2.38. The van der Waals surface area contributed by atoms with Crippen LogP contribution >= 0.6 is 0 Å². The summed E-state index contributed by atoms with van der Waals surface area (Å²) in [5.74, 6) is -0.284. The van der Waals surface area contributed by atoms with Gasteiger partial charge in [-0.2, -0.15) is 5.26 Å². The summed E-state index contributed by atoms with van der Waals surface area (Å²) in [6, 6.07) is 14.5. The maximum Gasteiger partial charge on any atom is 0.128 e. The highest BCUT2D eigenvalue weighted by molar-refractivity contribution is 5.60.